The predicted molar refractivity (Wildman–Crippen MR) is 82.1 cm³/mol. The topological polar surface area (TPSA) is 9.23 Å². The fourth-order valence-electron chi connectivity index (χ4n) is 1.21. The van der Waals surface area contributed by atoms with E-state index in [1.54, 1.807) is 7.11 Å². The van der Waals surface area contributed by atoms with Crippen LogP contribution in [0.25, 0.3) is 0 Å². The quantitative estimate of drug-likeness (QED) is 0.322. The zero-order valence-corrected chi connectivity index (χ0v) is 15.6. The number of rotatable bonds is 8. The second-order valence-corrected chi connectivity index (χ2v) is 9.36. The molecule has 0 amide bonds. The van der Waals surface area contributed by atoms with Crippen molar-refractivity contribution in [1.82, 2.24) is 0 Å². The molecule has 0 spiro atoms. The van der Waals surface area contributed by atoms with Gasteiger partial charge in [0, 0.05) is 0 Å². The molecule has 1 aromatic carbocycles. The Morgan fingerprint density at radius 1 is 1.11 bits per heavy atom. The van der Waals surface area contributed by atoms with Crippen LogP contribution in [-0.2, 0) is 0 Å². The molecule has 0 aliphatic carbocycles. The molecule has 0 aliphatic heterocycles. The van der Waals surface area contributed by atoms with Crippen molar-refractivity contribution in [2.75, 3.05) is 7.11 Å². The van der Waals surface area contributed by atoms with Gasteiger partial charge < -0.3 is 0 Å². The number of unbranched alkanes of at least 4 members (excludes halogenated alkanes) is 1. The SMILES string of the molecule is CCCC[Te]/C=C\C=C/[Te]c1ccc(OC)cc1. The van der Waals surface area contributed by atoms with Gasteiger partial charge in [0.25, 0.3) is 0 Å². The van der Waals surface area contributed by atoms with Gasteiger partial charge >= 0.3 is 132 Å². The van der Waals surface area contributed by atoms with Gasteiger partial charge in [0.2, 0.25) is 0 Å². The van der Waals surface area contributed by atoms with E-state index in [4.69, 9.17) is 4.74 Å². The number of allylic oxidation sites excluding steroid dienone is 2. The molecule has 0 aliphatic rings. The third-order valence-corrected chi connectivity index (χ3v) is 7.13. The molecular weight excluding hydrogens is 451 g/mol. The molecule has 1 nitrogen and oxygen atoms in total. The third-order valence-electron chi connectivity index (χ3n) is 2.24. The molecule has 18 heavy (non-hydrogen) atoms. The van der Waals surface area contributed by atoms with E-state index in [0.29, 0.717) is 0 Å². The predicted octanol–water partition coefficient (Wildman–Crippen LogP) is 2.97. The molecule has 0 heterocycles. The van der Waals surface area contributed by atoms with Gasteiger partial charge in [0.1, 0.15) is 0 Å². The summed E-state index contributed by atoms with van der Waals surface area (Å²) in [5, 5.41) is 0. The van der Waals surface area contributed by atoms with Crippen molar-refractivity contribution in [3.8, 4) is 5.75 Å². The fraction of sp³-hybridized carbons (Fsp3) is 0.333. The van der Waals surface area contributed by atoms with Crippen LogP contribution in [0.15, 0.2) is 44.7 Å². The second-order valence-electron chi connectivity index (χ2n) is 3.67. The van der Waals surface area contributed by atoms with Gasteiger partial charge in [-0.25, -0.2) is 0 Å². The van der Waals surface area contributed by atoms with Gasteiger partial charge in [-0.05, 0) is 0 Å². The summed E-state index contributed by atoms with van der Waals surface area (Å²) in [7, 11) is 1.71. The van der Waals surface area contributed by atoms with Crippen LogP contribution in [0.2, 0.25) is 4.47 Å². The standard InChI is InChI=1S/C15H20OTe2/c1-3-4-11-17-12-5-6-13-18-15-9-7-14(16-2)8-10-15/h5-10,12-13H,3-4,11H2,1-2H3/b12-5-,13-6-. The molecular formula is C15H20OTe2. The molecule has 3 heteroatoms. The maximum atomic E-state index is 5.15. The Kier molecular flexibility index (Phi) is 9.82. The van der Waals surface area contributed by atoms with E-state index in [1.807, 2.05) is 12.1 Å². The number of benzene rings is 1. The minimum atomic E-state index is -0.172. The molecule has 0 bridgehead atoms. The van der Waals surface area contributed by atoms with Crippen molar-refractivity contribution >= 4 is 45.5 Å². The molecule has 0 atom stereocenters. The summed E-state index contributed by atoms with van der Waals surface area (Å²) in [5.74, 6) is 0.941. The maximum absolute atomic E-state index is 5.15. The average molecular weight is 472 g/mol. The van der Waals surface area contributed by atoms with Crippen LogP contribution < -0.4 is 8.35 Å². The van der Waals surface area contributed by atoms with Gasteiger partial charge in [0.15, 0.2) is 0 Å². The van der Waals surface area contributed by atoms with Gasteiger partial charge in [0.05, 0.1) is 0 Å². The average Bonchev–Trinajstić information content (AvgIpc) is 2.42. The summed E-state index contributed by atoms with van der Waals surface area (Å²) in [6, 6.07) is 8.43. The van der Waals surface area contributed by atoms with Crippen LogP contribution in [0.5, 0.6) is 5.75 Å². The molecule has 0 radical (unpaired) electrons. The summed E-state index contributed by atoms with van der Waals surface area (Å²) in [6.45, 7) is 2.26. The zero-order chi connectivity index (χ0) is 13.1. The Morgan fingerprint density at radius 2 is 1.83 bits per heavy atom. The molecule has 0 saturated carbocycles. The van der Waals surface area contributed by atoms with Gasteiger partial charge in [-0.2, -0.15) is 0 Å². The Labute approximate surface area is 131 Å². The Balaban J connectivity index is 2.22. The van der Waals surface area contributed by atoms with Crippen molar-refractivity contribution in [3.63, 3.8) is 0 Å². The van der Waals surface area contributed by atoms with Crippen molar-refractivity contribution in [2.24, 2.45) is 0 Å². The molecule has 1 aromatic rings. The van der Waals surface area contributed by atoms with Crippen molar-refractivity contribution in [3.05, 3.63) is 44.7 Å². The van der Waals surface area contributed by atoms with E-state index in [2.05, 4.69) is 39.5 Å². The zero-order valence-electron chi connectivity index (χ0n) is 11.0. The summed E-state index contributed by atoms with van der Waals surface area (Å²) < 4.78 is 12.8. The van der Waals surface area contributed by atoms with E-state index in [1.165, 1.54) is 20.9 Å². The van der Waals surface area contributed by atoms with E-state index in [-0.39, 0.29) is 41.8 Å². The molecule has 0 saturated heterocycles. The van der Waals surface area contributed by atoms with E-state index >= 15 is 0 Å². The summed E-state index contributed by atoms with van der Waals surface area (Å²) in [6.07, 6.45) is 7.20. The summed E-state index contributed by atoms with van der Waals surface area (Å²) >= 11 is -0.0322. The third kappa shape index (κ3) is 7.50. The van der Waals surface area contributed by atoms with Crippen molar-refractivity contribution in [2.45, 2.75) is 24.2 Å². The molecule has 0 N–H and O–H groups in total. The monoisotopic (exact) mass is 476 g/mol. The van der Waals surface area contributed by atoms with Gasteiger partial charge in [-0.1, -0.05) is 0 Å². The minimum absolute atomic E-state index is 0.140. The second kappa shape index (κ2) is 11.0. The Bertz CT molecular complexity index is 369. The van der Waals surface area contributed by atoms with Crippen LogP contribution in [-0.4, -0.2) is 49.0 Å². The number of methoxy groups -OCH3 is 1. The first kappa shape index (κ1) is 16.1. The number of hydrogen-bond acceptors (Lipinski definition) is 1. The van der Waals surface area contributed by atoms with Crippen LogP contribution in [0, 0.1) is 0 Å². The molecule has 0 unspecified atom stereocenters. The van der Waals surface area contributed by atoms with Crippen molar-refractivity contribution < 1.29 is 4.74 Å². The van der Waals surface area contributed by atoms with Crippen molar-refractivity contribution in [1.29, 1.82) is 0 Å². The number of hydrogen-bond donors (Lipinski definition) is 0. The van der Waals surface area contributed by atoms with E-state index < -0.39 is 0 Å². The van der Waals surface area contributed by atoms with Gasteiger partial charge in [-0.15, -0.1) is 0 Å². The van der Waals surface area contributed by atoms with Crippen LogP contribution >= 0.6 is 0 Å². The van der Waals surface area contributed by atoms with Crippen LogP contribution in [0.4, 0.5) is 0 Å². The molecule has 98 valence electrons. The fourth-order valence-corrected chi connectivity index (χ4v) is 5.25. The van der Waals surface area contributed by atoms with E-state index in [0.717, 1.165) is 5.75 Å². The molecule has 0 fully saturated rings. The first-order valence-electron chi connectivity index (χ1n) is 6.11. The van der Waals surface area contributed by atoms with Crippen LogP contribution in [0.3, 0.4) is 0 Å². The Morgan fingerprint density at radius 3 is 2.50 bits per heavy atom. The first-order chi connectivity index (χ1) is 8.86. The molecule has 0 aromatic heterocycles. The van der Waals surface area contributed by atoms with Crippen LogP contribution in [0.1, 0.15) is 19.8 Å². The first-order valence-corrected chi connectivity index (χ1v) is 11.6. The molecule has 1 rings (SSSR count). The Hall–Kier alpha value is 0.0792. The van der Waals surface area contributed by atoms with Gasteiger partial charge in [-0.3, -0.25) is 0 Å². The van der Waals surface area contributed by atoms with E-state index in [9.17, 15) is 0 Å². The normalized spacial score (nSPS) is 11.4. The summed E-state index contributed by atoms with van der Waals surface area (Å²) in [5.41, 5.74) is 0. The summed E-state index contributed by atoms with van der Waals surface area (Å²) in [4.78, 5) is 0. The number of ether oxygens (including phenoxy) is 1.